The van der Waals surface area contributed by atoms with Crippen LogP contribution >= 0.6 is 11.6 Å². The third-order valence-electron chi connectivity index (χ3n) is 10.7. The zero-order valence-corrected chi connectivity index (χ0v) is 27.2. The van der Waals surface area contributed by atoms with E-state index in [-0.39, 0.29) is 24.0 Å². The molecule has 7 heteroatoms. The van der Waals surface area contributed by atoms with E-state index >= 15 is 0 Å². The first-order valence-corrected chi connectivity index (χ1v) is 17.1. The lowest BCUT2D eigenvalue weighted by Crippen LogP contribution is -2.47. The number of alkyl halides is 1. The first-order valence-electron chi connectivity index (χ1n) is 16.6. The van der Waals surface area contributed by atoms with Crippen LogP contribution in [0, 0.1) is 29.6 Å². The monoisotopic (exact) mass is 586 g/mol. The van der Waals surface area contributed by atoms with Crippen molar-refractivity contribution >= 4 is 11.6 Å². The first-order chi connectivity index (χ1) is 19.0. The van der Waals surface area contributed by atoms with Gasteiger partial charge in [0, 0.05) is 18.5 Å². The van der Waals surface area contributed by atoms with Crippen LogP contribution in [0.1, 0.15) is 111 Å². The molecule has 0 radical (unpaired) electrons. The van der Waals surface area contributed by atoms with Gasteiger partial charge in [-0.05, 0) is 147 Å². The molecule has 1 saturated heterocycles. The van der Waals surface area contributed by atoms with Crippen LogP contribution in [0.4, 0.5) is 0 Å². The average molecular weight is 587 g/mol. The highest BCUT2D eigenvalue weighted by Gasteiger charge is 2.43. The molecule has 6 atom stereocenters. The van der Waals surface area contributed by atoms with Crippen molar-refractivity contribution in [3.63, 3.8) is 0 Å². The van der Waals surface area contributed by atoms with E-state index in [2.05, 4.69) is 25.8 Å². The standard InChI is InChI=1S/C33H63ClN2O4/c1-24(2)33(38,26-10-12-27(34)13-11-26)17-20-36(5)19-7-9-29-25(8-6-18-35)16-21-39-31-15-14-28(22-30(29)31)40-32(3,4)23-37/h24-31,37-38H,6-23,35H2,1-5H3/t25-,26-,27+,28+,29?,30?,31?,33?/m1/s1. The molecule has 3 rings (SSSR count). The summed E-state index contributed by atoms with van der Waals surface area (Å²) in [6.45, 7) is 12.0. The third-order valence-corrected chi connectivity index (χ3v) is 11.2. The van der Waals surface area contributed by atoms with Gasteiger partial charge in [0.05, 0.1) is 30.0 Å². The van der Waals surface area contributed by atoms with Crippen LogP contribution in [0.5, 0.6) is 0 Å². The van der Waals surface area contributed by atoms with Crippen molar-refractivity contribution in [1.29, 1.82) is 0 Å². The van der Waals surface area contributed by atoms with Crippen LogP contribution in [-0.2, 0) is 9.47 Å². The van der Waals surface area contributed by atoms with Gasteiger partial charge >= 0.3 is 0 Å². The van der Waals surface area contributed by atoms with Gasteiger partial charge in [-0.1, -0.05) is 13.8 Å². The van der Waals surface area contributed by atoms with Crippen molar-refractivity contribution in [2.24, 2.45) is 35.3 Å². The molecule has 3 fully saturated rings. The van der Waals surface area contributed by atoms with Gasteiger partial charge in [0.1, 0.15) is 0 Å². The van der Waals surface area contributed by atoms with E-state index < -0.39 is 11.2 Å². The lowest BCUT2D eigenvalue weighted by Gasteiger charge is -2.43. The normalized spacial score (nSPS) is 33.5. The summed E-state index contributed by atoms with van der Waals surface area (Å²) in [5, 5.41) is 21.8. The van der Waals surface area contributed by atoms with Crippen molar-refractivity contribution in [1.82, 2.24) is 4.90 Å². The Balaban J connectivity index is 1.59. The molecule has 6 nitrogen and oxygen atoms in total. The number of hydrogen-bond donors (Lipinski definition) is 3. The molecule has 4 unspecified atom stereocenters. The maximum absolute atomic E-state index is 11.8. The predicted molar refractivity (Wildman–Crippen MR) is 166 cm³/mol. The average Bonchev–Trinajstić information content (AvgIpc) is 3.09. The van der Waals surface area contributed by atoms with Gasteiger partial charge in [-0.15, -0.1) is 11.6 Å². The Bertz CT molecular complexity index is 717. The summed E-state index contributed by atoms with van der Waals surface area (Å²) >= 11 is 6.37. The van der Waals surface area contributed by atoms with Crippen LogP contribution in [0.3, 0.4) is 0 Å². The van der Waals surface area contributed by atoms with Crippen LogP contribution in [0.15, 0.2) is 0 Å². The summed E-state index contributed by atoms with van der Waals surface area (Å²) in [5.74, 6) is 2.39. The highest BCUT2D eigenvalue weighted by Crippen LogP contribution is 2.45. The number of hydrogen-bond acceptors (Lipinski definition) is 6. The van der Waals surface area contributed by atoms with E-state index in [4.69, 9.17) is 26.8 Å². The van der Waals surface area contributed by atoms with Gasteiger partial charge in [-0.3, -0.25) is 0 Å². The zero-order chi connectivity index (χ0) is 29.3. The molecule has 3 aliphatic rings. The van der Waals surface area contributed by atoms with Crippen molar-refractivity contribution in [3.05, 3.63) is 0 Å². The molecule has 236 valence electrons. The number of rotatable bonds is 15. The quantitative estimate of drug-likeness (QED) is 0.204. The fraction of sp³-hybridized carbons (Fsp3) is 1.00. The summed E-state index contributed by atoms with van der Waals surface area (Å²) in [5.41, 5.74) is 4.84. The highest BCUT2D eigenvalue weighted by atomic mass is 35.5. The van der Waals surface area contributed by atoms with E-state index in [1.165, 1.54) is 12.8 Å². The number of aliphatic hydroxyl groups is 2. The number of aliphatic hydroxyl groups excluding tert-OH is 1. The van der Waals surface area contributed by atoms with Gasteiger partial charge in [0.25, 0.3) is 0 Å². The molecule has 1 heterocycles. The lowest BCUT2D eigenvalue weighted by atomic mass is 9.68. The second-order valence-corrected chi connectivity index (χ2v) is 15.1. The SMILES string of the molecule is CC(C)C(O)(CCN(C)CCCC1C2C[C@@H](OC(C)(C)CO)CCC2OCC[C@H]1CCCN)[C@H]1CC[C@@H](Cl)CC1. The molecule has 1 aliphatic heterocycles. The Hall–Kier alpha value is 0.0500. The summed E-state index contributed by atoms with van der Waals surface area (Å²) in [6, 6.07) is 0. The molecular weight excluding hydrogens is 524 g/mol. The zero-order valence-electron chi connectivity index (χ0n) is 26.5. The molecule has 2 saturated carbocycles. The molecule has 0 spiro atoms. The minimum atomic E-state index is -0.607. The van der Waals surface area contributed by atoms with Crippen molar-refractivity contribution < 1.29 is 19.7 Å². The second kappa shape index (κ2) is 16.2. The second-order valence-electron chi connectivity index (χ2n) is 14.5. The number of fused-ring (bicyclic) bond motifs is 1. The fourth-order valence-electron chi connectivity index (χ4n) is 8.11. The largest absolute Gasteiger partial charge is 0.393 e. The smallest absolute Gasteiger partial charge is 0.0859 e. The Morgan fingerprint density at radius 1 is 1.02 bits per heavy atom. The van der Waals surface area contributed by atoms with Gasteiger partial charge < -0.3 is 30.3 Å². The van der Waals surface area contributed by atoms with Gasteiger partial charge in [0.2, 0.25) is 0 Å². The summed E-state index contributed by atoms with van der Waals surface area (Å²) < 4.78 is 12.9. The highest BCUT2D eigenvalue weighted by molar-refractivity contribution is 6.20. The maximum Gasteiger partial charge on any atom is 0.0859 e. The van der Waals surface area contributed by atoms with E-state index in [9.17, 15) is 10.2 Å². The molecule has 0 bridgehead atoms. The fourth-order valence-corrected chi connectivity index (χ4v) is 8.36. The first kappa shape index (κ1) is 34.5. The van der Waals surface area contributed by atoms with Gasteiger partial charge in [-0.25, -0.2) is 0 Å². The lowest BCUT2D eigenvalue weighted by molar-refractivity contribution is -0.137. The van der Waals surface area contributed by atoms with E-state index in [1.54, 1.807) is 0 Å². The summed E-state index contributed by atoms with van der Waals surface area (Å²) in [6.07, 6.45) is 14.3. The molecule has 40 heavy (non-hydrogen) atoms. The minimum absolute atomic E-state index is 0.0445. The predicted octanol–water partition coefficient (Wildman–Crippen LogP) is 5.99. The van der Waals surface area contributed by atoms with Gasteiger partial charge in [-0.2, -0.15) is 0 Å². The molecule has 0 aromatic carbocycles. The topological polar surface area (TPSA) is 88.2 Å². The number of ether oxygens (including phenoxy) is 2. The number of nitrogens with two attached hydrogens (primary N) is 1. The summed E-state index contributed by atoms with van der Waals surface area (Å²) in [7, 11) is 2.22. The van der Waals surface area contributed by atoms with E-state index in [0.717, 1.165) is 96.9 Å². The molecule has 0 aromatic heterocycles. The molecule has 0 aromatic rings. The maximum atomic E-state index is 11.8. The van der Waals surface area contributed by atoms with Gasteiger partial charge in [0.15, 0.2) is 0 Å². The molecular formula is C33H63ClN2O4. The number of nitrogens with zero attached hydrogens (tertiary/aromatic N) is 1. The Kier molecular flexibility index (Phi) is 14.0. The van der Waals surface area contributed by atoms with Crippen LogP contribution < -0.4 is 5.73 Å². The Labute approximate surface area is 251 Å². The van der Waals surface area contributed by atoms with E-state index in [0.29, 0.717) is 29.8 Å². The third kappa shape index (κ3) is 9.79. The minimum Gasteiger partial charge on any atom is -0.393 e. The van der Waals surface area contributed by atoms with E-state index in [1.807, 2.05) is 13.8 Å². The number of halogens is 1. The van der Waals surface area contributed by atoms with Crippen LogP contribution in [-0.4, -0.2) is 83.8 Å². The van der Waals surface area contributed by atoms with Crippen molar-refractivity contribution in [2.45, 2.75) is 140 Å². The molecule has 4 N–H and O–H groups in total. The van der Waals surface area contributed by atoms with Crippen LogP contribution in [0.2, 0.25) is 0 Å². The van der Waals surface area contributed by atoms with Crippen molar-refractivity contribution in [3.8, 4) is 0 Å². The van der Waals surface area contributed by atoms with Crippen LogP contribution in [0.25, 0.3) is 0 Å². The van der Waals surface area contributed by atoms with Crippen molar-refractivity contribution in [2.75, 3.05) is 39.9 Å². The molecule has 0 amide bonds. The Morgan fingerprint density at radius 3 is 2.40 bits per heavy atom. The summed E-state index contributed by atoms with van der Waals surface area (Å²) in [4.78, 5) is 2.44. The molecule has 2 aliphatic carbocycles. The Morgan fingerprint density at radius 2 is 1.75 bits per heavy atom.